The number of carbonyl (C=O) groups is 2. The predicted molar refractivity (Wildman–Crippen MR) is 129 cm³/mol. The molecule has 34 heavy (non-hydrogen) atoms. The molecule has 2 aliphatic rings. The number of nitrogens with one attached hydrogen (secondary N) is 2. The van der Waals surface area contributed by atoms with Crippen LogP contribution in [-0.2, 0) is 14.9 Å². The zero-order chi connectivity index (χ0) is 24.5. The van der Waals surface area contributed by atoms with Crippen molar-refractivity contribution in [1.29, 1.82) is 0 Å². The molecular weight excluding hydrogens is 459 g/mol. The van der Waals surface area contributed by atoms with Crippen LogP contribution in [0.2, 0.25) is 5.02 Å². The number of aromatic amines is 1. The minimum absolute atomic E-state index is 0.0573. The molecule has 1 saturated heterocycles. The van der Waals surface area contributed by atoms with E-state index in [9.17, 15) is 18.4 Å². The van der Waals surface area contributed by atoms with Crippen molar-refractivity contribution < 1.29 is 18.4 Å². The topological polar surface area (TPSA) is 68.4 Å². The van der Waals surface area contributed by atoms with E-state index >= 15 is 0 Å². The van der Waals surface area contributed by atoms with Crippen molar-refractivity contribution >= 4 is 50.0 Å². The summed E-state index contributed by atoms with van der Waals surface area (Å²) in [4.78, 5) is 31.5. The first kappa shape index (κ1) is 25.0. The molecule has 2 amide bonds. The fourth-order valence-electron chi connectivity index (χ4n) is 4.87. The lowest BCUT2D eigenvalue weighted by atomic mass is 9.56. The highest BCUT2D eigenvalue weighted by Crippen LogP contribution is 2.37. The number of H-pyrrole nitrogens is 1. The monoisotopic (exact) mass is 486 g/mol. The van der Waals surface area contributed by atoms with Crippen LogP contribution in [0.4, 0.5) is 8.78 Å². The molecule has 2 fully saturated rings. The quantitative estimate of drug-likeness (QED) is 0.617. The number of rotatable bonds is 6. The number of nitrogens with zero attached hydrogens (tertiary/aromatic N) is 2. The molecule has 1 aliphatic heterocycles. The van der Waals surface area contributed by atoms with Crippen molar-refractivity contribution in [3.63, 3.8) is 0 Å². The SMILES string of the molecule is [B]C([B])(c1cc(Cl)cc2cc[nH]c12)N1CCN(C(=O)CNC(=O)CC2CCC(F)(F)CC2)CC1. The standard InChI is InChI=1S/C23H27B2ClF2N4O2/c24-23(25,18-13-17(26)12-16-3-6-29-21(16)18)32-9-7-31(8-10-32)20(34)14-30-19(33)11-15-1-4-22(27,28)5-2-15/h3,6,12-13,15,29H,1-2,4-5,7-11,14H2,(H,30,33). The first-order valence-electron chi connectivity index (χ1n) is 11.6. The molecule has 2 heterocycles. The van der Waals surface area contributed by atoms with Gasteiger partial charge in [0.05, 0.1) is 22.2 Å². The third-order valence-corrected chi connectivity index (χ3v) is 7.18. The van der Waals surface area contributed by atoms with Crippen molar-refractivity contribution in [2.24, 2.45) is 5.92 Å². The summed E-state index contributed by atoms with van der Waals surface area (Å²) in [6, 6.07) is 5.48. The minimum atomic E-state index is -2.62. The predicted octanol–water partition coefficient (Wildman–Crippen LogP) is 2.74. The van der Waals surface area contributed by atoms with Gasteiger partial charge in [-0.1, -0.05) is 11.6 Å². The average molecular weight is 487 g/mol. The number of aromatic nitrogens is 1. The minimum Gasteiger partial charge on any atom is -0.361 e. The van der Waals surface area contributed by atoms with E-state index in [0.29, 0.717) is 49.6 Å². The summed E-state index contributed by atoms with van der Waals surface area (Å²) < 4.78 is 26.5. The van der Waals surface area contributed by atoms with E-state index in [-0.39, 0.29) is 43.5 Å². The highest BCUT2D eigenvalue weighted by Gasteiger charge is 2.36. The molecule has 1 aromatic heterocycles. The molecule has 6 nitrogen and oxygen atoms in total. The van der Waals surface area contributed by atoms with Gasteiger partial charge in [0.2, 0.25) is 17.7 Å². The van der Waals surface area contributed by atoms with Gasteiger partial charge in [-0.15, -0.1) is 0 Å². The second-order valence-electron chi connectivity index (χ2n) is 9.37. The van der Waals surface area contributed by atoms with Gasteiger partial charge in [0.1, 0.15) is 0 Å². The van der Waals surface area contributed by atoms with Crippen LogP contribution in [0.1, 0.15) is 37.7 Å². The van der Waals surface area contributed by atoms with Crippen LogP contribution in [-0.4, -0.2) is 80.9 Å². The van der Waals surface area contributed by atoms with Gasteiger partial charge >= 0.3 is 0 Å². The fraction of sp³-hybridized carbons (Fsp3) is 0.565. The molecule has 0 spiro atoms. The van der Waals surface area contributed by atoms with E-state index in [2.05, 4.69) is 10.3 Å². The highest BCUT2D eigenvalue weighted by molar-refractivity contribution is 6.41. The molecule has 2 aromatic rings. The van der Waals surface area contributed by atoms with Crippen LogP contribution in [0, 0.1) is 5.92 Å². The zero-order valence-corrected chi connectivity index (χ0v) is 19.7. The van der Waals surface area contributed by atoms with Crippen molar-refractivity contribution in [2.45, 2.75) is 43.4 Å². The van der Waals surface area contributed by atoms with Crippen molar-refractivity contribution in [3.8, 4) is 0 Å². The first-order chi connectivity index (χ1) is 16.0. The maximum Gasteiger partial charge on any atom is 0.248 e. The van der Waals surface area contributed by atoms with Gasteiger partial charge in [-0.2, -0.15) is 0 Å². The Kier molecular flexibility index (Phi) is 7.29. The number of halogens is 3. The second kappa shape index (κ2) is 9.90. The Hall–Kier alpha value is -2.06. The van der Waals surface area contributed by atoms with Crippen LogP contribution in [0.3, 0.4) is 0 Å². The molecule has 11 heteroatoms. The Bertz CT molecular complexity index is 1050. The molecule has 0 unspecified atom stereocenters. The number of benzene rings is 1. The zero-order valence-electron chi connectivity index (χ0n) is 19.0. The molecule has 1 aromatic carbocycles. The summed E-state index contributed by atoms with van der Waals surface area (Å²) in [5.74, 6) is -3.15. The van der Waals surface area contributed by atoms with E-state index in [1.54, 1.807) is 17.2 Å². The Labute approximate surface area is 205 Å². The van der Waals surface area contributed by atoms with Gasteiger partial charge in [-0.05, 0) is 47.9 Å². The van der Waals surface area contributed by atoms with Gasteiger partial charge in [-0.25, -0.2) is 8.78 Å². The second-order valence-corrected chi connectivity index (χ2v) is 9.81. The Morgan fingerprint density at radius 2 is 1.85 bits per heavy atom. The van der Waals surface area contributed by atoms with E-state index in [0.717, 1.165) is 10.9 Å². The van der Waals surface area contributed by atoms with E-state index in [1.807, 2.05) is 17.0 Å². The molecular formula is C23H27B2ClF2N4O2. The number of piperazine rings is 1. The lowest BCUT2D eigenvalue weighted by Gasteiger charge is -2.45. The van der Waals surface area contributed by atoms with Crippen molar-refractivity contribution in [3.05, 3.63) is 35.0 Å². The molecule has 0 bridgehead atoms. The Morgan fingerprint density at radius 3 is 2.53 bits per heavy atom. The van der Waals surface area contributed by atoms with Crippen LogP contribution >= 0.6 is 11.6 Å². The molecule has 178 valence electrons. The lowest BCUT2D eigenvalue weighted by molar-refractivity contribution is -0.134. The third-order valence-electron chi connectivity index (χ3n) is 6.96. The van der Waals surface area contributed by atoms with Crippen molar-refractivity contribution in [2.75, 3.05) is 32.7 Å². The first-order valence-corrected chi connectivity index (χ1v) is 12.0. The average Bonchev–Trinajstić information content (AvgIpc) is 3.26. The van der Waals surface area contributed by atoms with Crippen LogP contribution < -0.4 is 5.32 Å². The normalized spacial score (nSPS) is 19.9. The van der Waals surface area contributed by atoms with Crippen LogP contribution in [0.5, 0.6) is 0 Å². The summed E-state index contributed by atoms with van der Waals surface area (Å²) in [6.45, 7) is 1.62. The van der Waals surface area contributed by atoms with E-state index in [4.69, 9.17) is 27.3 Å². The van der Waals surface area contributed by atoms with Gasteiger partial charge in [0.25, 0.3) is 0 Å². The van der Waals surface area contributed by atoms with Crippen molar-refractivity contribution in [1.82, 2.24) is 20.1 Å². The van der Waals surface area contributed by atoms with Gasteiger partial charge < -0.3 is 20.1 Å². The number of fused-ring (bicyclic) bond motifs is 1. The number of hydrogen-bond donors (Lipinski definition) is 2. The van der Waals surface area contributed by atoms with Crippen LogP contribution in [0.15, 0.2) is 24.4 Å². The Morgan fingerprint density at radius 1 is 1.18 bits per heavy atom. The highest BCUT2D eigenvalue weighted by atomic mass is 35.5. The number of hydrogen-bond acceptors (Lipinski definition) is 3. The molecule has 4 rings (SSSR count). The molecule has 2 N–H and O–H groups in total. The van der Waals surface area contributed by atoms with Gasteiger partial charge in [-0.3, -0.25) is 9.59 Å². The summed E-state index contributed by atoms with van der Waals surface area (Å²) in [5, 5.41) is 2.80. The third kappa shape index (κ3) is 5.60. The summed E-state index contributed by atoms with van der Waals surface area (Å²) in [5.41, 5.74) is 1.49. The molecule has 1 aliphatic carbocycles. The lowest BCUT2D eigenvalue weighted by Crippen LogP contribution is -2.58. The van der Waals surface area contributed by atoms with E-state index in [1.165, 1.54) is 0 Å². The fourth-order valence-corrected chi connectivity index (χ4v) is 5.10. The number of carbonyl (C=O) groups excluding carboxylic acids is 2. The maximum absolute atomic E-state index is 13.3. The van der Waals surface area contributed by atoms with Gasteiger partial charge in [0.15, 0.2) is 0 Å². The molecule has 1 saturated carbocycles. The summed E-state index contributed by atoms with van der Waals surface area (Å²) in [6.07, 6.45) is 2.28. The van der Waals surface area contributed by atoms with Crippen LogP contribution in [0.25, 0.3) is 10.9 Å². The maximum atomic E-state index is 13.3. The van der Waals surface area contributed by atoms with Gasteiger partial charge in [0, 0.05) is 67.6 Å². The largest absolute Gasteiger partial charge is 0.361 e. The summed E-state index contributed by atoms with van der Waals surface area (Å²) >= 11 is 6.26. The summed E-state index contributed by atoms with van der Waals surface area (Å²) in [7, 11) is 13.1. The van der Waals surface area contributed by atoms with E-state index < -0.39 is 11.3 Å². The molecule has 4 radical (unpaired) electrons. The Balaban J connectivity index is 1.26. The molecule has 0 atom stereocenters. The smallest absolute Gasteiger partial charge is 0.248 e. The number of alkyl halides is 2. The number of amides is 2.